The quantitative estimate of drug-likeness (QED) is 0.652. The molecule has 0 fully saturated rings. The lowest BCUT2D eigenvalue weighted by atomic mass is 10.0. The third kappa shape index (κ3) is 6.73. The van der Waals surface area contributed by atoms with E-state index < -0.39 is 0 Å². The first-order chi connectivity index (χ1) is 9.65. The molecule has 0 atom stereocenters. The first-order valence-corrected chi connectivity index (χ1v) is 8.06. The maximum atomic E-state index is 5.91. The zero-order valence-electron chi connectivity index (χ0n) is 12.7. The molecular weight excluding hydrogens is 318 g/mol. The highest BCUT2D eigenvalue weighted by molar-refractivity contribution is 9.10. The maximum Gasteiger partial charge on any atom is 0.122 e. The molecule has 0 aliphatic carbocycles. The number of halogens is 1. The molecule has 4 heteroatoms. The van der Waals surface area contributed by atoms with Crippen molar-refractivity contribution >= 4 is 15.9 Å². The van der Waals surface area contributed by atoms with Gasteiger partial charge in [-0.3, -0.25) is 0 Å². The number of hydrogen-bond acceptors (Lipinski definition) is 3. The average Bonchev–Trinajstić information content (AvgIpc) is 2.43. The number of benzene rings is 1. The van der Waals surface area contributed by atoms with Crippen LogP contribution in [0.1, 0.15) is 38.2 Å². The summed E-state index contributed by atoms with van der Waals surface area (Å²) in [6.45, 7) is 7.86. The maximum absolute atomic E-state index is 5.91. The summed E-state index contributed by atoms with van der Waals surface area (Å²) >= 11 is 3.51. The molecule has 0 amide bonds. The van der Waals surface area contributed by atoms with Crippen LogP contribution in [0.25, 0.3) is 0 Å². The Labute approximate surface area is 131 Å². The second-order valence-corrected chi connectivity index (χ2v) is 6.05. The molecule has 0 radical (unpaired) electrons. The van der Waals surface area contributed by atoms with Crippen LogP contribution in [-0.4, -0.2) is 33.4 Å². The second kappa shape index (κ2) is 10.2. The normalized spacial score (nSPS) is 11.1. The van der Waals surface area contributed by atoms with E-state index in [9.17, 15) is 0 Å². The fourth-order valence-corrected chi connectivity index (χ4v) is 2.31. The van der Waals surface area contributed by atoms with Crippen molar-refractivity contribution in [2.24, 2.45) is 0 Å². The molecule has 0 heterocycles. The van der Waals surface area contributed by atoms with E-state index in [4.69, 9.17) is 9.47 Å². The van der Waals surface area contributed by atoms with Crippen LogP contribution in [-0.2, 0) is 4.74 Å². The lowest BCUT2D eigenvalue weighted by Crippen LogP contribution is -2.20. The van der Waals surface area contributed by atoms with Gasteiger partial charge < -0.3 is 14.8 Å². The minimum atomic E-state index is 0.471. The van der Waals surface area contributed by atoms with Gasteiger partial charge in [0.25, 0.3) is 0 Å². The average molecular weight is 344 g/mol. The van der Waals surface area contributed by atoms with Gasteiger partial charge in [0.15, 0.2) is 0 Å². The fraction of sp³-hybridized carbons (Fsp3) is 0.625. The van der Waals surface area contributed by atoms with Crippen molar-refractivity contribution in [1.29, 1.82) is 0 Å². The molecule has 1 rings (SSSR count). The third-order valence-electron chi connectivity index (χ3n) is 3.08. The van der Waals surface area contributed by atoms with Crippen LogP contribution in [0.3, 0.4) is 0 Å². The number of rotatable bonds is 10. The van der Waals surface area contributed by atoms with E-state index >= 15 is 0 Å². The number of unbranched alkanes of at least 4 members (excludes halogenated alkanes) is 1. The van der Waals surface area contributed by atoms with Crippen molar-refractivity contribution in [3.8, 4) is 5.75 Å². The zero-order chi connectivity index (χ0) is 14.8. The van der Waals surface area contributed by atoms with Crippen molar-refractivity contribution in [3.63, 3.8) is 0 Å². The molecule has 0 spiro atoms. The standard InChI is InChI=1S/C16H26BrNO2/c1-13(2)15-12-14(17)6-7-16(15)20-10-5-4-8-18-9-11-19-3/h6-7,12-13,18H,4-5,8-11H2,1-3H3. The highest BCUT2D eigenvalue weighted by atomic mass is 79.9. The molecule has 20 heavy (non-hydrogen) atoms. The third-order valence-corrected chi connectivity index (χ3v) is 3.58. The van der Waals surface area contributed by atoms with Gasteiger partial charge in [-0.2, -0.15) is 0 Å². The predicted octanol–water partition coefficient (Wildman–Crippen LogP) is 3.97. The van der Waals surface area contributed by atoms with E-state index in [1.165, 1.54) is 5.56 Å². The van der Waals surface area contributed by atoms with Crippen LogP contribution in [0.5, 0.6) is 5.75 Å². The van der Waals surface area contributed by atoms with E-state index in [2.05, 4.69) is 47.2 Å². The molecule has 0 unspecified atom stereocenters. The smallest absolute Gasteiger partial charge is 0.122 e. The van der Waals surface area contributed by atoms with Crippen molar-refractivity contribution in [2.75, 3.05) is 33.4 Å². The number of ether oxygens (including phenoxy) is 2. The van der Waals surface area contributed by atoms with Gasteiger partial charge in [-0.1, -0.05) is 29.8 Å². The molecule has 0 aliphatic rings. The molecule has 0 bridgehead atoms. The first kappa shape index (κ1) is 17.5. The largest absolute Gasteiger partial charge is 0.493 e. The monoisotopic (exact) mass is 343 g/mol. The SMILES string of the molecule is COCCNCCCCOc1ccc(Br)cc1C(C)C. The second-order valence-electron chi connectivity index (χ2n) is 5.14. The predicted molar refractivity (Wildman–Crippen MR) is 87.7 cm³/mol. The fourth-order valence-electron chi connectivity index (χ4n) is 1.94. The van der Waals surface area contributed by atoms with Crippen LogP contribution in [0, 0.1) is 0 Å². The van der Waals surface area contributed by atoms with E-state index in [1.807, 2.05) is 6.07 Å². The molecule has 114 valence electrons. The van der Waals surface area contributed by atoms with E-state index in [-0.39, 0.29) is 0 Å². The number of nitrogens with one attached hydrogen (secondary N) is 1. The van der Waals surface area contributed by atoms with Crippen molar-refractivity contribution in [1.82, 2.24) is 5.32 Å². The number of hydrogen-bond donors (Lipinski definition) is 1. The Morgan fingerprint density at radius 3 is 2.65 bits per heavy atom. The summed E-state index contributed by atoms with van der Waals surface area (Å²) in [5.41, 5.74) is 1.26. The van der Waals surface area contributed by atoms with E-state index in [0.717, 1.165) is 49.4 Å². The van der Waals surface area contributed by atoms with Gasteiger partial charge >= 0.3 is 0 Å². The summed E-state index contributed by atoms with van der Waals surface area (Å²) in [5.74, 6) is 1.48. The summed E-state index contributed by atoms with van der Waals surface area (Å²) in [6, 6.07) is 6.23. The summed E-state index contributed by atoms with van der Waals surface area (Å²) in [6.07, 6.45) is 2.19. The molecular formula is C16H26BrNO2. The topological polar surface area (TPSA) is 30.5 Å². The van der Waals surface area contributed by atoms with Crippen LogP contribution >= 0.6 is 15.9 Å². The Balaban J connectivity index is 2.25. The molecule has 1 aromatic rings. The van der Waals surface area contributed by atoms with Crippen molar-refractivity contribution in [2.45, 2.75) is 32.6 Å². The Morgan fingerprint density at radius 1 is 1.15 bits per heavy atom. The Hall–Kier alpha value is -0.580. The van der Waals surface area contributed by atoms with Gasteiger partial charge in [-0.25, -0.2) is 0 Å². The molecule has 3 nitrogen and oxygen atoms in total. The van der Waals surface area contributed by atoms with E-state index in [0.29, 0.717) is 5.92 Å². The molecule has 0 saturated carbocycles. The van der Waals surface area contributed by atoms with Gasteiger partial charge in [0.05, 0.1) is 13.2 Å². The van der Waals surface area contributed by atoms with Crippen LogP contribution in [0.4, 0.5) is 0 Å². The molecule has 1 N–H and O–H groups in total. The van der Waals surface area contributed by atoms with Gasteiger partial charge in [-0.05, 0) is 49.1 Å². The summed E-state index contributed by atoms with van der Waals surface area (Å²) < 4.78 is 12.0. The van der Waals surface area contributed by atoms with Gasteiger partial charge in [-0.15, -0.1) is 0 Å². The lowest BCUT2D eigenvalue weighted by molar-refractivity contribution is 0.199. The van der Waals surface area contributed by atoms with Gasteiger partial charge in [0.2, 0.25) is 0 Å². The highest BCUT2D eigenvalue weighted by Crippen LogP contribution is 2.29. The first-order valence-electron chi connectivity index (χ1n) is 7.27. The molecule has 1 aromatic carbocycles. The molecule has 0 aromatic heterocycles. The Morgan fingerprint density at radius 2 is 1.95 bits per heavy atom. The molecule has 0 saturated heterocycles. The summed E-state index contributed by atoms with van der Waals surface area (Å²) in [4.78, 5) is 0. The highest BCUT2D eigenvalue weighted by Gasteiger charge is 2.08. The van der Waals surface area contributed by atoms with Gasteiger partial charge in [0, 0.05) is 18.1 Å². The van der Waals surface area contributed by atoms with E-state index in [1.54, 1.807) is 7.11 Å². The minimum Gasteiger partial charge on any atom is -0.493 e. The lowest BCUT2D eigenvalue weighted by Gasteiger charge is -2.14. The Kier molecular flexibility index (Phi) is 8.90. The van der Waals surface area contributed by atoms with Crippen molar-refractivity contribution < 1.29 is 9.47 Å². The number of methoxy groups -OCH3 is 1. The summed E-state index contributed by atoms with van der Waals surface area (Å²) in [7, 11) is 1.72. The van der Waals surface area contributed by atoms with Crippen LogP contribution in [0.15, 0.2) is 22.7 Å². The van der Waals surface area contributed by atoms with Crippen LogP contribution < -0.4 is 10.1 Å². The minimum absolute atomic E-state index is 0.471. The summed E-state index contributed by atoms with van der Waals surface area (Å²) in [5, 5.41) is 3.34. The molecule has 0 aliphatic heterocycles. The van der Waals surface area contributed by atoms with Gasteiger partial charge in [0.1, 0.15) is 5.75 Å². The van der Waals surface area contributed by atoms with Crippen LogP contribution in [0.2, 0.25) is 0 Å². The zero-order valence-corrected chi connectivity index (χ0v) is 14.3. The van der Waals surface area contributed by atoms with Crippen molar-refractivity contribution in [3.05, 3.63) is 28.2 Å². The Bertz CT molecular complexity index is 383.